The number of hydrogen-bond donors (Lipinski definition) is 3. The summed E-state index contributed by atoms with van der Waals surface area (Å²) >= 11 is 0. The van der Waals surface area contributed by atoms with Crippen LogP contribution in [-0.2, 0) is 0 Å². The first-order valence-electron chi connectivity index (χ1n) is 9.99. The predicted molar refractivity (Wildman–Crippen MR) is 117 cm³/mol. The second kappa shape index (κ2) is 9.43. The first-order chi connectivity index (χ1) is 14.0. The maximum atomic E-state index is 12.3. The summed E-state index contributed by atoms with van der Waals surface area (Å²) in [6, 6.07) is 13.5. The molecule has 2 aromatic rings. The molecule has 0 unspecified atom stereocenters. The Morgan fingerprint density at radius 2 is 1.66 bits per heavy atom. The van der Waals surface area contributed by atoms with Gasteiger partial charge in [0.25, 0.3) is 11.8 Å². The Balaban J connectivity index is 1.73. The van der Waals surface area contributed by atoms with Gasteiger partial charge in [-0.1, -0.05) is 18.2 Å². The molecular formula is C22H29N5O2. The molecule has 1 aliphatic rings. The molecule has 7 nitrogen and oxygen atoms in total. The number of benzene rings is 2. The van der Waals surface area contributed by atoms with Gasteiger partial charge in [-0.3, -0.25) is 9.59 Å². The minimum atomic E-state index is -0.530. The lowest BCUT2D eigenvalue weighted by Crippen LogP contribution is -2.47. The minimum Gasteiger partial charge on any atom is -0.368 e. The molecule has 1 aliphatic heterocycles. The molecule has 154 valence electrons. The highest BCUT2D eigenvalue weighted by Gasteiger charge is 2.22. The van der Waals surface area contributed by atoms with Crippen molar-refractivity contribution in [3.63, 3.8) is 0 Å². The molecule has 0 aromatic heterocycles. The number of amides is 2. The van der Waals surface area contributed by atoms with Crippen LogP contribution in [0.25, 0.3) is 0 Å². The van der Waals surface area contributed by atoms with E-state index in [1.807, 2.05) is 12.1 Å². The number of aryl methyl sites for hydroxylation is 1. The average Bonchev–Trinajstić information content (AvgIpc) is 2.74. The Hall–Kier alpha value is -3.06. The van der Waals surface area contributed by atoms with Crippen LogP contribution >= 0.6 is 0 Å². The SMILES string of the molecule is Cc1ccccc1N1CCN(c2ccc(C(=O)NCCCN)cc2C(N)=O)CC1. The minimum absolute atomic E-state index is 0.225. The lowest BCUT2D eigenvalue weighted by Gasteiger charge is -2.38. The van der Waals surface area contributed by atoms with Crippen molar-refractivity contribution in [2.45, 2.75) is 13.3 Å². The van der Waals surface area contributed by atoms with E-state index in [9.17, 15) is 9.59 Å². The second-order valence-electron chi connectivity index (χ2n) is 7.25. The molecule has 1 saturated heterocycles. The zero-order chi connectivity index (χ0) is 20.8. The number of carbonyl (C=O) groups is 2. The van der Waals surface area contributed by atoms with Crippen LogP contribution in [0, 0.1) is 6.92 Å². The third-order valence-electron chi connectivity index (χ3n) is 5.27. The van der Waals surface area contributed by atoms with Crippen LogP contribution in [0.4, 0.5) is 11.4 Å². The topological polar surface area (TPSA) is 105 Å². The summed E-state index contributed by atoms with van der Waals surface area (Å²) in [5, 5.41) is 2.80. The highest BCUT2D eigenvalue weighted by atomic mass is 16.2. The summed E-state index contributed by atoms with van der Waals surface area (Å²) in [6.07, 6.45) is 0.706. The largest absolute Gasteiger partial charge is 0.368 e. The quantitative estimate of drug-likeness (QED) is 0.616. The number of piperazine rings is 1. The summed E-state index contributed by atoms with van der Waals surface area (Å²) in [4.78, 5) is 28.9. The number of nitrogens with one attached hydrogen (secondary N) is 1. The predicted octanol–water partition coefficient (Wildman–Crippen LogP) is 1.50. The fourth-order valence-corrected chi connectivity index (χ4v) is 3.66. The van der Waals surface area contributed by atoms with Gasteiger partial charge < -0.3 is 26.6 Å². The van der Waals surface area contributed by atoms with E-state index in [1.54, 1.807) is 12.1 Å². The molecule has 0 bridgehead atoms. The van der Waals surface area contributed by atoms with Crippen LogP contribution in [0.15, 0.2) is 42.5 Å². The van der Waals surface area contributed by atoms with Gasteiger partial charge in [0.1, 0.15) is 0 Å². The number of rotatable bonds is 7. The molecule has 3 rings (SSSR count). The number of hydrogen-bond acceptors (Lipinski definition) is 5. The van der Waals surface area contributed by atoms with E-state index in [0.717, 1.165) is 31.9 Å². The van der Waals surface area contributed by atoms with Crippen molar-refractivity contribution in [3.8, 4) is 0 Å². The molecule has 0 aliphatic carbocycles. The van der Waals surface area contributed by atoms with Gasteiger partial charge >= 0.3 is 0 Å². The van der Waals surface area contributed by atoms with Crippen LogP contribution in [0.5, 0.6) is 0 Å². The van der Waals surface area contributed by atoms with Gasteiger partial charge in [0.2, 0.25) is 0 Å². The molecule has 7 heteroatoms. The fraction of sp³-hybridized carbons (Fsp3) is 0.364. The van der Waals surface area contributed by atoms with Gasteiger partial charge in [-0.2, -0.15) is 0 Å². The van der Waals surface area contributed by atoms with E-state index >= 15 is 0 Å². The van der Waals surface area contributed by atoms with Crippen molar-refractivity contribution in [3.05, 3.63) is 59.2 Å². The smallest absolute Gasteiger partial charge is 0.251 e. The summed E-state index contributed by atoms with van der Waals surface area (Å²) in [5.41, 5.74) is 15.2. The maximum absolute atomic E-state index is 12.3. The van der Waals surface area contributed by atoms with Crippen molar-refractivity contribution in [1.29, 1.82) is 0 Å². The van der Waals surface area contributed by atoms with Gasteiger partial charge in [0.15, 0.2) is 0 Å². The Kier molecular flexibility index (Phi) is 6.72. The first-order valence-corrected chi connectivity index (χ1v) is 9.99. The zero-order valence-corrected chi connectivity index (χ0v) is 16.9. The van der Waals surface area contributed by atoms with Gasteiger partial charge in [0.05, 0.1) is 5.56 Å². The third-order valence-corrected chi connectivity index (χ3v) is 5.27. The van der Waals surface area contributed by atoms with Crippen molar-refractivity contribution >= 4 is 23.2 Å². The van der Waals surface area contributed by atoms with Crippen molar-refractivity contribution in [2.75, 3.05) is 49.1 Å². The zero-order valence-electron chi connectivity index (χ0n) is 16.9. The van der Waals surface area contributed by atoms with Crippen molar-refractivity contribution in [1.82, 2.24) is 5.32 Å². The van der Waals surface area contributed by atoms with Crippen LogP contribution < -0.4 is 26.6 Å². The standard InChI is InChI=1S/C22H29N5O2/c1-16-5-2-3-6-19(16)26-11-13-27(14-12-26)20-8-7-17(15-18(20)21(24)28)22(29)25-10-4-9-23/h2-3,5-8,15H,4,9-14,23H2,1H3,(H2,24,28)(H,25,29). The number of nitrogens with zero attached hydrogens (tertiary/aromatic N) is 2. The van der Waals surface area contributed by atoms with E-state index in [4.69, 9.17) is 11.5 Å². The highest BCUT2D eigenvalue weighted by molar-refractivity contribution is 6.03. The molecule has 2 aromatic carbocycles. The Labute approximate surface area is 171 Å². The number of nitrogens with two attached hydrogens (primary N) is 2. The molecule has 1 fully saturated rings. The van der Waals surface area contributed by atoms with Crippen molar-refractivity contribution < 1.29 is 9.59 Å². The molecule has 0 spiro atoms. The summed E-state index contributed by atoms with van der Waals surface area (Å²) in [6.45, 7) is 6.39. The lowest BCUT2D eigenvalue weighted by molar-refractivity contribution is 0.0953. The van der Waals surface area contributed by atoms with Crippen LogP contribution in [-0.4, -0.2) is 51.1 Å². The van der Waals surface area contributed by atoms with E-state index in [-0.39, 0.29) is 5.91 Å². The normalized spacial score (nSPS) is 14.0. The molecule has 5 N–H and O–H groups in total. The molecule has 2 amide bonds. The van der Waals surface area contributed by atoms with Crippen LogP contribution in [0.1, 0.15) is 32.7 Å². The molecule has 29 heavy (non-hydrogen) atoms. The molecule has 0 saturated carbocycles. The molecule has 0 atom stereocenters. The molecular weight excluding hydrogens is 366 g/mol. The van der Waals surface area contributed by atoms with Crippen LogP contribution in [0.2, 0.25) is 0 Å². The van der Waals surface area contributed by atoms with E-state index in [1.165, 1.54) is 11.3 Å². The number of anilines is 2. The van der Waals surface area contributed by atoms with E-state index < -0.39 is 5.91 Å². The lowest BCUT2D eigenvalue weighted by atomic mass is 10.1. The summed E-state index contributed by atoms with van der Waals surface area (Å²) in [5.74, 6) is -0.755. The third kappa shape index (κ3) is 4.86. The second-order valence-corrected chi connectivity index (χ2v) is 7.25. The van der Waals surface area contributed by atoms with Crippen LogP contribution in [0.3, 0.4) is 0 Å². The van der Waals surface area contributed by atoms with Crippen molar-refractivity contribution in [2.24, 2.45) is 11.5 Å². The fourth-order valence-electron chi connectivity index (χ4n) is 3.66. The highest BCUT2D eigenvalue weighted by Crippen LogP contribution is 2.26. The first kappa shape index (κ1) is 20.7. The number of carbonyl (C=O) groups excluding carboxylic acids is 2. The van der Waals surface area contributed by atoms with E-state index in [0.29, 0.717) is 30.6 Å². The molecule has 0 radical (unpaired) electrons. The monoisotopic (exact) mass is 395 g/mol. The van der Waals surface area contributed by atoms with E-state index in [2.05, 4.69) is 40.2 Å². The Morgan fingerprint density at radius 1 is 1.00 bits per heavy atom. The van der Waals surface area contributed by atoms with Gasteiger partial charge in [-0.15, -0.1) is 0 Å². The van der Waals surface area contributed by atoms with Gasteiger partial charge in [-0.05, 0) is 49.7 Å². The van der Waals surface area contributed by atoms with Gasteiger partial charge in [0, 0.05) is 49.7 Å². The number of primary amides is 1. The maximum Gasteiger partial charge on any atom is 0.251 e. The average molecular weight is 396 g/mol. The summed E-state index contributed by atoms with van der Waals surface area (Å²) in [7, 11) is 0. The van der Waals surface area contributed by atoms with Gasteiger partial charge in [-0.25, -0.2) is 0 Å². The Morgan fingerprint density at radius 3 is 2.28 bits per heavy atom. The molecule has 1 heterocycles. The summed E-state index contributed by atoms with van der Waals surface area (Å²) < 4.78 is 0. The Bertz CT molecular complexity index is 875. The number of para-hydroxylation sites is 1.